The molecule has 0 aliphatic heterocycles. The van der Waals surface area contributed by atoms with E-state index in [0.29, 0.717) is 21.6 Å². The third-order valence-electron chi connectivity index (χ3n) is 4.10. The van der Waals surface area contributed by atoms with Crippen molar-refractivity contribution in [3.63, 3.8) is 0 Å². The number of hydrogen-bond donors (Lipinski definition) is 2. The van der Waals surface area contributed by atoms with Gasteiger partial charge in [-0.25, -0.2) is 0 Å². The Morgan fingerprint density at radius 3 is 1.96 bits per heavy atom. The molecule has 0 aliphatic carbocycles. The Labute approximate surface area is 141 Å². The van der Waals surface area contributed by atoms with Crippen molar-refractivity contribution in [2.45, 2.75) is 26.2 Å². The molecule has 4 heteroatoms. The second-order valence-corrected chi connectivity index (χ2v) is 6.86. The first-order chi connectivity index (χ1) is 11.0. The van der Waals surface area contributed by atoms with Crippen molar-refractivity contribution in [1.29, 1.82) is 0 Å². The van der Waals surface area contributed by atoms with Crippen LogP contribution in [-0.2, 0) is 5.41 Å². The van der Waals surface area contributed by atoms with Crippen LogP contribution in [0.2, 0.25) is 0 Å². The predicted octanol–water partition coefficient (Wildman–Crippen LogP) is 1.67. The number of amides is 2. The number of nitrogens with two attached hydrogens (primary N) is 2. The highest BCUT2D eigenvalue weighted by molar-refractivity contribution is 5.95. The van der Waals surface area contributed by atoms with Crippen molar-refractivity contribution in [3.05, 3.63) is 57.5 Å². The average molecular weight is 322 g/mol. The zero-order chi connectivity index (χ0) is 18.2. The van der Waals surface area contributed by atoms with Crippen molar-refractivity contribution in [2.75, 3.05) is 0 Å². The summed E-state index contributed by atoms with van der Waals surface area (Å²) in [6.45, 7) is 14.2. The van der Waals surface area contributed by atoms with Crippen LogP contribution in [0.15, 0.2) is 30.3 Å². The Hall–Kier alpha value is -2.88. The number of hydrogen-bond acceptors (Lipinski definition) is 2. The van der Waals surface area contributed by atoms with Gasteiger partial charge in [-0.1, -0.05) is 46.1 Å². The van der Waals surface area contributed by atoms with Gasteiger partial charge in [0.25, 0.3) is 0 Å². The van der Waals surface area contributed by atoms with Crippen molar-refractivity contribution >= 4 is 25.0 Å². The van der Waals surface area contributed by atoms with Crippen LogP contribution in [0.1, 0.15) is 47.1 Å². The molecule has 0 fully saturated rings. The lowest BCUT2D eigenvalue weighted by Crippen LogP contribution is -2.33. The molecule has 0 bridgehead atoms. The molecule has 4 N–H and O–H groups in total. The fourth-order valence-corrected chi connectivity index (χ4v) is 2.73. The smallest absolute Gasteiger partial charge is 0.249 e. The Morgan fingerprint density at radius 2 is 1.46 bits per heavy atom. The van der Waals surface area contributed by atoms with Crippen molar-refractivity contribution in [3.8, 4) is 11.1 Å². The molecule has 4 nitrogen and oxygen atoms in total. The molecule has 0 aromatic heterocycles. The van der Waals surface area contributed by atoms with Gasteiger partial charge in [0.1, 0.15) is 0 Å². The van der Waals surface area contributed by atoms with Gasteiger partial charge >= 0.3 is 0 Å². The summed E-state index contributed by atoms with van der Waals surface area (Å²) >= 11 is 0. The molecule has 0 heterocycles. The van der Waals surface area contributed by atoms with Crippen molar-refractivity contribution in [1.82, 2.24) is 0 Å². The van der Waals surface area contributed by atoms with Crippen LogP contribution in [0.25, 0.3) is 24.3 Å². The molecule has 0 unspecified atom stereocenters. The van der Waals surface area contributed by atoms with E-state index in [1.807, 2.05) is 18.2 Å². The SMILES string of the molecule is C=c1c(C(N)=O)ccc(-c2ccc(C(N)=O)cc2C(C)(C)C)c1=C. The van der Waals surface area contributed by atoms with E-state index in [-0.39, 0.29) is 5.41 Å². The second-order valence-electron chi connectivity index (χ2n) is 6.86. The summed E-state index contributed by atoms with van der Waals surface area (Å²) in [5.41, 5.74) is 14.1. The van der Waals surface area contributed by atoms with Gasteiger partial charge in [0.15, 0.2) is 0 Å². The molecule has 0 saturated carbocycles. The molecule has 0 aliphatic rings. The Bertz CT molecular complexity index is 937. The fraction of sp³-hybridized carbons (Fsp3) is 0.200. The first kappa shape index (κ1) is 17.5. The van der Waals surface area contributed by atoms with Crippen LogP contribution >= 0.6 is 0 Å². The highest BCUT2D eigenvalue weighted by Crippen LogP contribution is 2.32. The number of carbonyl (C=O) groups excluding carboxylic acids is 2. The summed E-state index contributed by atoms with van der Waals surface area (Å²) in [5, 5.41) is 1.16. The van der Waals surface area contributed by atoms with Crippen LogP contribution in [0.5, 0.6) is 0 Å². The third kappa shape index (κ3) is 3.08. The average Bonchev–Trinajstić information content (AvgIpc) is 2.48. The van der Waals surface area contributed by atoms with Gasteiger partial charge in [-0.2, -0.15) is 0 Å². The Balaban J connectivity index is 2.81. The highest BCUT2D eigenvalue weighted by Gasteiger charge is 2.21. The van der Waals surface area contributed by atoms with E-state index in [1.54, 1.807) is 12.1 Å². The van der Waals surface area contributed by atoms with E-state index in [0.717, 1.165) is 16.7 Å². The zero-order valence-electron chi connectivity index (χ0n) is 14.3. The van der Waals surface area contributed by atoms with Crippen LogP contribution in [0, 0.1) is 0 Å². The second kappa shape index (κ2) is 5.96. The van der Waals surface area contributed by atoms with E-state index in [9.17, 15) is 9.59 Å². The summed E-state index contributed by atoms with van der Waals surface area (Å²) in [7, 11) is 0. The number of benzene rings is 2. The molecular formula is C20H22N2O2. The van der Waals surface area contributed by atoms with Gasteiger partial charge in [0.05, 0.1) is 0 Å². The van der Waals surface area contributed by atoms with Gasteiger partial charge in [0.2, 0.25) is 11.8 Å². The first-order valence-corrected chi connectivity index (χ1v) is 7.59. The van der Waals surface area contributed by atoms with E-state index < -0.39 is 11.8 Å². The zero-order valence-corrected chi connectivity index (χ0v) is 14.3. The molecule has 2 amide bonds. The molecule has 2 aromatic rings. The van der Waals surface area contributed by atoms with E-state index in [1.165, 1.54) is 0 Å². The standard InChI is InChI=1S/C20H22N2O2/c1-11-12(2)15(19(22)24)9-8-14(11)16-7-6-13(18(21)23)10-17(16)20(3,4)5/h6-10H,1-2H2,3-5H3,(H2,21,23)(H2,22,24). The minimum absolute atomic E-state index is 0.211. The summed E-state index contributed by atoms with van der Waals surface area (Å²) in [6.07, 6.45) is 0. The van der Waals surface area contributed by atoms with E-state index >= 15 is 0 Å². The highest BCUT2D eigenvalue weighted by atomic mass is 16.1. The van der Waals surface area contributed by atoms with Crippen LogP contribution in [0.4, 0.5) is 0 Å². The minimum atomic E-state index is -0.531. The molecule has 124 valence electrons. The van der Waals surface area contributed by atoms with Gasteiger partial charge in [-0.15, -0.1) is 0 Å². The van der Waals surface area contributed by atoms with Crippen LogP contribution in [-0.4, -0.2) is 11.8 Å². The number of primary amides is 2. The molecule has 2 aromatic carbocycles. The Kier molecular flexibility index (Phi) is 4.34. The lowest BCUT2D eigenvalue weighted by Gasteiger charge is -2.24. The quantitative estimate of drug-likeness (QED) is 0.900. The minimum Gasteiger partial charge on any atom is -0.366 e. The fourth-order valence-electron chi connectivity index (χ4n) is 2.73. The monoisotopic (exact) mass is 322 g/mol. The summed E-state index contributed by atoms with van der Waals surface area (Å²) in [5.74, 6) is -1.000. The molecule has 0 spiro atoms. The molecule has 0 atom stereocenters. The predicted molar refractivity (Wildman–Crippen MR) is 97.9 cm³/mol. The third-order valence-corrected chi connectivity index (χ3v) is 4.10. The maximum absolute atomic E-state index is 11.5. The van der Waals surface area contributed by atoms with Gasteiger partial charge in [0, 0.05) is 11.1 Å². The van der Waals surface area contributed by atoms with Crippen molar-refractivity contribution in [2.24, 2.45) is 11.5 Å². The lowest BCUT2D eigenvalue weighted by atomic mass is 9.80. The maximum atomic E-state index is 11.5. The van der Waals surface area contributed by atoms with Gasteiger partial charge < -0.3 is 11.5 Å². The topological polar surface area (TPSA) is 86.2 Å². The van der Waals surface area contributed by atoms with Gasteiger partial charge in [-0.05, 0) is 50.7 Å². The molecule has 0 saturated heterocycles. The molecule has 0 radical (unpaired) electrons. The molecule has 24 heavy (non-hydrogen) atoms. The first-order valence-electron chi connectivity index (χ1n) is 7.59. The van der Waals surface area contributed by atoms with E-state index in [4.69, 9.17) is 11.5 Å². The lowest BCUT2D eigenvalue weighted by molar-refractivity contribution is 0.0991. The summed E-state index contributed by atoms with van der Waals surface area (Å²) in [4.78, 5) is 23.0. The van der Waals surface area contributed by atoms with Gasteiger partial charge in [-0.3, -0.25) is 9.59 Å². The number of carbonyl (C=O) groups is 2. The van der Waals surface area contributed by atoms with Crippen molar-refractivity contribution < 1.29 is 9.59 Å². The normalized spacial score (nSPS) is 11.3. The van der Waals surface area contributed by atoms with Crippen LogP contribution < -0.4 is 21.9 Å². The van der Waals surface area contributed by atoms with Crippen LogP contribution in [0.3, 0.4) is 0 Å². The largest absolute Gasteiger partial charge is 0.366 e. The van der Waals surface area contributed by atoms with E-state index in [2.05, 4.69) is 33.9 Å². The summed E-state index contributed by atoms with van der Waals surface area (Å²) in [6, 6.07) is 8.82. The number of rotatable bonds is 3. The molecule has 2 rings (SSSR count). The Morgan fingerprint density at radius 1 is 0.875 bits per heavy atom. The summed E-state index contributed by atoms with van der Waals surface area (Å²) < 4.78 is 0. The molecular weight excluding hydrogens is 300 g/mol. The maximum Gasteiger partial charge on any atom is 0.249 e.